The molecule has 2 fully saturated rings. The van der Waals surface area contributed by atoms with Gasteiger partial charge in [-0.25, -0.2) is 0 Å². The van der Waals surface area contributed by atoms with E-state index in [0.29, 0.717) is 18.1 Å². The van der Waals surface area contributed by atoms with Gasteiger partial charge in [0, 0.05) is 23.7 Å². The SMILES string of the molecule is CC1C(N)CCC1SCC1CCCO1. The molecule has 14 heavy (non-hydrogen) atoms. The molecule has 0 aromatic rings. The molecule has 2 aliphatic rings. The van der Waals surface area contributed by atoms with Crippen molar-refractivity contribution in [2.75, 3.05) is 12.4 Å². The lowest BCUT2D eigenvalue weighted by molar-refractivity contribution is 0.128. The maximum atomic E-state index is 6.01. The molecule has 1 heterocycles. The quantitative estimate of drug-likeness (QED) is 0.782. The standard InChI is InChI=1S/C11H21NOS/c1-8-10(12)4-5-11(8)14-7-9-3-2-6-13-9/h8-11H,2-7,12H2,1H3. The van der Waals surface area contributed by atoms with Crippen LogP contribution < -0.4 is 5.73 Å². The van der Waals surface area contributed by atoms with Crippen LogP contribution in [0, 0.1) is 5.92 Å². The smallest absolute Gasteiger partial charge is 0.0666 e. The first-order valence-electron chi connectivity index (χ1n) is 5.76. The van der Waals surface area contributed by atoms with Crippen LogP contribution >= 0.6 is 11.8 Å². The van der Waals surface area contributed by atoms with Gasteiger partial charge in [0.25, 0.3) is 0 Å². The lowest BCUT2D eigenvalue weighted by Gasteiger charge is -2.19. The lowest BCUT2D eigenvalue weighted by Crippen LogP contribution is -2.26. The summed E-state index contributed by atoms with van der Waals surface area (Å²) in [5.41, 5.74) is 6.01. The van der Waals surface area contributed by atoms with E-state index in [0.717, 1.165) is 11.9 Å². The average Bonchev–Trinajstić information content (AvgIpc) is 2.77. The van der Waals surface area contributed by atoms with Crippen LogP contribution in [0.3, 0.4) is 0 Å². The predicted molar refractivity (Wildman–Crippen MR) is 61.6 cm³/mol. The minimum atomic E-state index is 0.442. The highest BCUT2D eigenvalue weighted by atomic mass is 32.2. The monoisotopic (exact) mass is 215 g/mol. The Balaban J connectivity index is 1.70. The maximum Gasteiger partial charge on any atom is 0.0666 e. The normalized spacial score (nSPS) is 43.3. The Bertz CT molecular complexity index is 182. The van der Waals surface area contributed by atoms with Gasteiger partial charge < -0.3 is 10.5 Å². The Labute approximate surface area is 91.0 Å². The predicted octanol–water partition coefficient (Wildman–Crippen LogP) is 2.02. The van der Waals surface area contributed by atoms with Crippen LogP contribution in [-0.2, 0) is 4.74 Å². The van der Waals surface area contributed by atoms with Crippen LogP contribution in [0.1, 0.15) is 32.6 Å². The highest BCUT2D eigenvalue weighted by Gasteiger charge is 2.31. The van der Waals surface area contributed by atoms with Gasteiger partial charge in [0.15, 0.2) is 0 Å². The summed E-state index contributed by atoms with van der Waals surface area (Å²) in [7, 11) is 0. The zero-order valence-electron chi connectivity index (χ0n) is 8.95. The van der Waals surface area contributed by atoms with Crippen LogP contribution in [0.5, 0.6) is 0 Å². The molecule has 0 aromatic carbocycles. The largest absolute Gasteiger partial charge is 0.377 e. The summed E-state index contributed by atoms with van der Waals surface area (Å²) in [5.74, 6) is 1.88. The molecule has 0 amide bonds. The Morgan fingerprint density at radius 3 is 2.79 bits per heavy atom. The molecule has 2 N–H and O–H groups in total. The van der Waals surface area contributed by atoms with Crippen molar-refractivity contribution in [2.45, 2.75) is 50.0 Å². The fourth-order valence-electron chi connectivity index (χ4n) is 2.40. The number of rotatable bonds is 3. The van der Waals surface area contributed by atoms with E-state index in [1.54, 1.807) is 0 Å². The molecule has 4 atom stereocenters. The third-order valence-electron chi connectivity index (χ3n) is 3.57. The third-order valence-corrected chi connectivity index (χ3v) is 5.22. The number of hydrogen-bond acceptors (Lipinski definition) is 3. The molecule has 0 radical (unpaired) electrons. The second kappa shape index (κ2) is 4.86. The van der Waals surface area contributed by atoms with Crippen LogP contribution in [-0.4, -0.2) is 29.8 Å². The Morgan fingerprint density at radius 1 is 1.36 bits per heavy atom. The molecule has 1 saturated heterocycles. The first kappa shape index (κ1) is 10.8. The van der Waals surface area contributed by atoms with Gasteiger partial charge in [-0.3, -0.25) is 0 Å². The van der Waals surface area contributed by atoms with Crippen molar-refractivity contribution < 1.29 is 4.74 Å². The Hall–Kier alpha value is 0.270. The summed E-state index contributed by atoms with van der Waals surface area (Å²) in [6.45, 7) is 3.27. The van der Waals surface area contributed by atoms with Gasteiger partial charge in [-0.15, -0.1) is 0 Å². The zero-order chi connectivity index (χ0) is 9.97. The molecule has 0 bridgehead atoms. The van der Waals surface area contributed by atoms with Crippen molar-refractivity contribution in [3.8, 4) is 0 Å². The van der Waals surface area contributed by atoms with E-state index in [4.69, 9.17) is 10.5 Å². The van der Waals surface area contributed by atoms with E-state index in [-0.39, 0.29) is 0 Å². The highest BCUT2D eigenvalue weighted by Crippen LogP contribution is 2.35. The molecule has 0 spiro atoms. The van der Waals surface area contributed by atoms with Crippen molar-refractivity contribution in [1.82, 2.24) is 0 Å². The van der Waals surface area contributed by atoms with E-state index in [1.807, 2.05) is 0 Å². The molecule has 1 aliphatic carbocycles. The van der Waals surface area contributed by atoms with Crippen LogP contribution in [0.2, 0.25) is 0 Å². The summed E-state index contributed by atoms with van der Waals surface area (Å²) in [5, 5.41) is 0.786. The van der Waals surface area contributed by atoms with E-state index < -0.39 is 0 Å². The van der Waals surface area contributed by atoms with Crippen LogP contribution in [0.4, 0.5) is 0 Å². The van der Waals surface area contributed by atoms with Gasteiger partial charge >= 0.3 is 0 Å². The summed E-state index contributed by atoms with van der Waals surface area (Å²) >= 11 is 2.09. The van der Waals surface area contributed by atoms with Crippen molar-refractivity contribution in [3.05, 3.63) is 0 Å². The first-order chi connectivity index (χ1) is 6.77. The van der Waals surface area contributed by atoms with E-state index in [9.17, 15) is 0 Å². The topological polar surface area (TPSA) is 35.2 Å². The molecule has 0 aromatic heterocycles. The number of hydrogen-bond donors (Lipinski definition) is 1. The molecule has 3 heteroatoms. The van der Waals surface area contributed by atoms with Gasteiger partial charge in [-0.05, 0) is 31.6 Å². The van der Waals surface area contributed by atoms with E-state index >= 15 is 0 Å². The molecular formula is C11H21NOS. The van der Waals surface area contributed by atoms with Gasteiger partial charge in [-0.1, -0.05) is 6.92 Å². The van der Waals surface area contributed by atoms with Gasteiger partial charge in [-0.2, -0.15) is 11.8 Å². The van der Waals surface area contributed by atoms with Gasteiger partial charge in [0.1, 0.15) is 0 Å². The van der Waals surface area contributed by atoms with Crippen molar-refractivity contribution in [3.63, 3.8) is 0 Å². The molecule has 4 unspecified atom stereocenters. The molecule has 82 valence electrons. The first-order valence-corrected chi connectivity index (χ1v) is 6.81. The number of thioether (sulfide) groups is 1. The highest BCUT2D eigenvalue weighted by molar-refractivity contribution is 7.99. The summed E-state index contributed by atoms with van der Waals surface area (Å²) < 4.78 is 5.62. The average molecular weight is 215 g/mol. The zero-order valence-corrected chi connectivity index (χ0v) is 9.76. The van der Waals surface area contributed by atoms with E-state index in [1.165, 1.54) is 31.4 Å². The number of nitrogens with two attached hydrogens (primary N) is 1. The third kappa shape index (κ3) is 2.44. The molecule has 1 saturated carbocycles. The Morgan fingerprint density at radius 2 is 2.21 bits per heavy atom. The fourth-order valence-corrected chi connectivity index (χ4v) is 3.93. The summed E-state index contributed by atoms with van der Waals surface area (Å²) in [6.07, 6.45) is 5.57. The molecule has 2 nitrogen and oxygen atoms in total. The van der Waals surface area contributed by atoms with Gasteiger partial charge in [0.05, 0.1) is 6.10 Å². The molecule has 1 aliphatic heterocycles. The maximum absolute atomic E-state index is 6.01. The summed E-state index contributed by atoms with van der Waals surface area (Å²) in [4.78, 5) is 0. The van der Waals surface area contributed by atoms with Crippen molar-refractivity contribution >= 4 is 11.8 Å². The van der Waals surface area contributed by atoms with E-state index in [2.05, 4.69) is 18.7 Å². The van der Waals surface area contributed by atoms with Crippen LogP contribution in [0.15, 0.2) is 0 Å². The minimum Gasteiger partial charge on any atom is -0.377 e. The second-order valence-electron chi connectivity index (χ2n) is 4.61. The van der Waals surface area contributed by atoms with Crippen molar-refractivity contribution in [1.29, 1.82) is 0 Å². The second-order valence-corrected chi connectivity index (χ2v) is 5.88. The fraction of sp³-hybridized carbons (Fsp3) is 1.00. The van der Waals surface area contributed by atoms with Crippen LogP contribution in [0.25, 0.3) is 0 Å². The number of ether oxygens (including phenoxy) is 1. The van der Waals surface area contributed by atoms with Gasteiger partial charge in [0.2, 0.25) is 0 Å². The molecule has 2 rings (SSSR count). The molecular weight excluding hydrogens is 194 g/mol. The summed E-state index contributed by atoms with van der Waals surface area (Å²) in [6, 6.07) is 0.442. The lowest BCUT2D eigenvalue weighted by atomic mass is 10.1. The minimum absolute atomic E-state index is 0.442. The van der Waals surface area contributed by atoms with Crippen molar-refractivity contribution in [2.24, 2.45) is 11.7 Å². The Kier molecular flexibility index (Phi) is 3.74.